The van der Waals surface area contributed by atoms with Crippen molar-refractivity contribution in [2.75, 3.05) is 6.54 Å². The number of imide groups is 1. The molecule has 0 aromatic heterocycles. The van der Waals surface area contributed by atoms with E-state index >= 15 is 0 Å². The van der Waals surface area contributed by atoms with E-state index in [0.717, 1.165) is 4.90 Å². The second-order valence-corrected chi connectivity index (χ2v) is 4.11. The lowest BCUT2D eigenvalue weighted by atomic mass is 10.1. The molecule has 1 saturated heterocycles. The van der Waals surface area contributed by atoms with Gasteiger partial charge < -0.3 is 5.32 Å². The molecule has 0 aromatic rings. The van der Waals surface area contributed by atoms with E-state index in [4.69, 9.17) is 0 Å². The molecule has 1 aliphatic heterocycles. The Labute approximate surface area is 88.8 Å². The first-order chi connectivity index (χ1) is 6.93. The van der Waals surface area contributed by atoms with Crippen molar-refractivity contribution in [2.24, 2.45) is 5.92 Å². The van der Waals surface area contributed by atoms with Crippen LogP contribution in [-0.4, -0.2) is 35.2 Å². The largest absolute Gasteiger partial charge is 0.326 e. The van der Waals surface area contributed by atoms with Crippen molar-refractivity contribution in [1.29, 1.82) is 0 Å². The topological polar surface area (TPSA) is 66.5 Å². The van der Waals surface area contributed by atoms with Crippen LogP contribution in [0.5, 0.6) is 0 Å². The fourth-order valence-corrected chi connectivity index (χ4v) is 1.47. The molecule has 0 spiro atoms. The van der Waals surface area contributed by atoms with Crippen molar-refractivity contribution in [3.05, 3.63) is 0 Å². The van der Waals surface area contributed by atoms with E-state index in [9.17, 15) is 14.4 Å². The summed E-state index contributed by atoms with van der Waals surface area (Å²) in [5, 5.41) is 2.60. The third kappa shape index (κ3) is 2.55. The van der Waals surface area contributed by atoms with E-state index in [2.05, 4.69) is 5.32 Å². The summed E-state index contributed by atoms with van der Waals surface area (Å²) in [5.41, 5.74) is 0. The molecule has 1 aliphatic rings. The number of ketones is 1. The van der Waals surface area contributed by atoms with Crippen LogP contribution in [0.3, 0.4) is 0 Å². The minimum absolute atomic E-state index is 0.0244. The van der Waals surface area contributed by atoms with Gasteiger partial charge in [-0.1, -0.05) is 13.8 Å². The fraction of sp³-hybridized carbons (Fsp3) is 0.700. The minimum Gasteiger partial charge on any atom is -0.326 e. The van der Waals surface area contributed by atoms with Crippen LogP contribution in [-0.2, 0) is 9.59 Å². The van der Waals surface area contributed by atoms with Crippen LogP contribution in [0.1, 0.15) is 27.2 Å². The summed E-state index contributed by atoms with van der Waals surface area (Å²) in [7, 11) is 0. The molecule has 1 unspecified atom stereocenters. The van der Waals surface area contributed by atoms with Gasteiger partial charge in [0.05, 0.1) is 0 Å². The van der Waals surface area contributed by atoms with Crippen LogP contribution >= 0.6 is 0 Å². The zero-order valence-corrected chi connectivity index (χ0v) is 9.24. The van der Waals surface area contributed by atoms with E-state index in [-0.39, 0.29) is 36.6 Å². The molecule has 84 valence electrons. The van der Waals surface area contributed by atoms with Crippen LogP contribution in [0.15, 0.2) is 0 Å². The number of nitrogens with zero attached hydrogens (tertiary/aromatic N) is 1. The normalized spacial score (nSPS) is 21.1. The maximum Gasteiger partial charge on any atom is 0.324 e. The molecule has 0 aliphatic carbocycles. The van der Waals surface area contributed by atoms with Gasteiger partial charge >= 0.3 is 6.03 Å². The minimum atomic E-state index is -0.440. The Morgan fingerprint density at radius 2 is 2.07 bits per heavy atom. The molecule has 0 bridgehead atoms. The van der Waals surface area contributed by atoms with Crippen LogP contribution in [0.2, 0.25) is 0 Å². The number of rotatable bonds is 4. The van der Waals surface area contributed by atoms with Crippen LogP contribution in [0.4, 0.5) is 4.79 Å². The summed E-state index contributed by atoms with van der Waals surface area (Å²) in [6, 6.07) is -0.829. The lowest BCUT2D eigenvalue weighted by Gasteiger charge is -2.13. The smallest absolute Gasteiger partial charge is 0.324 e. The van der Waals surface area contributed by atoms with E-state index in [0.29, 0.717) is 0 Å². The Hall–Kier alpha value is -1.39. The highest BCUT2D eigenvalue weighted by Crippen LogP contribution is 2.13. The summed E-state index contributed by atoms with van der Waals surface area (Å²) in [6.07, 6.45) is 0.226. The summed E-state index contributed by atoms with van der Waals surface area (Å²) in [5.74, 6) is -0.177. The van der Waals surface area contributed by atoms with Crippen LogP contribution < -0.4 is 5.32 Å². The van der Waals surface area contributed by atoms with Gasteiger partial charge in [-0.05, 0) is 12.8 Å². The molecule has 3 amide bonds. The number of urea groups is 1. The third-order valence-electron chi connectivity index (χ3n) is 2.41. The fourth-order valence-electron chi connectivity index (χ4n) is 1.47. The van der Waals surface area contributed by atoms with Gasteiger partial charge in [0.2, 0.25) is 0 Å². The number of hydrogen-bond acceptors (Lipinski definition) is 3. The average molecular weight is 212 g/mol. The van der Waals surface area contributed by atoms with Crippen molar-refractivity contribution in [2.45, 2.75) is 33.2 Å². The van der Waals surface area contributed by atoms with Crippen molar-refractivity contribution in [1.82, 2.24) is 10.2 Å². The second kappa shape index (κ2) is 4.42. The Kier molecular flexibility index (Phi) is 3.44. The lowest BCUT2D eigenvalue weighted by Crippen LogP contribution is -2.35. The number of Topliss-reactive ketones (excluding diaryl/α,β-unsaturated/α-hetero) is 1. The molecule has 5 heteroatoms. The van der Waals surface area contributed by atoms with Crippen molar-refractivity contribution < 1.29 is 14.4 Å². The van der Waals surface area contributed by atoms with Crippen molar-refractivity contribution in [3.8, 4) is 0 Å². The Bertz CT molecular complexity index is 299. The predicted octanol–water partition coefficient (Wildman–Crippen LogP) is 0.542. The first-order valence-corrected chi connectivity index (χ1v) is 5.04. The average Bonchev–Trinajstić information content (AvgIpc) is 2.39. The molecule has 0 aromatic carbocycles. The Morgan fingerprint density at radius 1 is 1.47 bits per heavy atom. The lowest BCUT2D eigenvalue weighted by molar-refractivity contribution is -0.128. The molecule has 15 heavy (non-hydrogen) atoms. The number of carbonyl (C=O) groups excluding carboxylic acids is 3. The number of hydrogen-bond donors (Lipinski definition) is 1. The quantitative estimate of drug-likeness (QED) is 0.692. The molecule has 1 atom stereocenters. The van der Waals surface area contributed by atoms with Crippen molar-refractivity contribution in [3.63, 3.8) is 0 Å². The van der Waals surface area contributed by atoms with Crippen LogP contribution in [0, 0.1) is 5.92 Å². The third-order valence-corrected chi connectivity index (χ3v) is 2.41. The summed E-state index contributed by atoms with van der Waals surface area (Å²) >= 11 is 0. The van der Waals surface area contributed by atoms with Gasteiger partial charge in [0.1, 0.15) is 11.8 Å². The van der Waals surface area contributed by atoms with E-state index in [1.165, 1.54) is 6.92 Å². The summed E-state index contributed by atoms with van der Waals surface area (Å²) in [6.45, 7) is 5.37. The summed E-state index contributed by atoms with van der Waals surface area (Å²) in [4.78, 5) is 35.0. The van der Waals surface area contributed by atoms with Gasteiger partial charge in [-0.2, -0.15) is 0 Å². The molecular formula is C10H16N2O3. The molecule has 0 radical (unpaired) electrons. The standard InChI is InChI=1S/C10H16N2O3/c1-6(2)8-9(14)12(10(15)11-8)5-4-7(3)13/h6,8H,4-5H2,1-3H3,(H,11,15). The molecule has 1 fully saturated rings. The first-order valence-electron chi connectivity index (χ1n) is 5.04. The molecule has 1 rings (SSSR count). The van der Waals surface area contributed by atoms with E-state index in [1.807, 2.05) is 13.8 Å². The number of nitrogens with one attached hydrogen (secondary N) is 1. The summed E-state index contributed by atoms with van der Waals surface area (Å²) < 4.78 is 0. The van der Waals surface area contributed by atoms with Gasteiger partial charge in [0.25, 0.3) is 5.91 Å². The molecule has 1 N–H and O–H groups in total. The van der Waals surface area contributed by atoms with Gasteiger partial charge in [-0.15, -0.1) is 0 Å². The molecular weight excluding hydrogens is 196 g/mol. The molecule has 0 saturated carbocycles. The number of carbonyl (C=O) groups is 3. The van der Waals surface area contributed by atoms with Crippen molar-refractivity contribution >= 4 is 17.7 Å². The number of amides is 3. The maximum atomic E-state index is 11.7. The highest BCUT2D eigenvalue weighted by Gasteiger charge is 2.39. The van der Waals surface area contributed by atoms with E-state index in [1.54, 1.807) is 0 Å². The van der Waals surface area contributed by atoms with Gasteiger partial charge in [-0.25, -0.2) is 4.79 Å². The zero-order valence-electron chi connectivity index (χ0n) is 9.24. The molecule has 5 nitrogen and oxygen atoms in total. The maximum absolute atomic E-state index is 11.7. The highest BCUT2D eigenvalue weighted by molar-refractivity contribution is 6.04. The first kappa shape index (κ1) is 11.7. The van der Waals surface area contributed by atoms with E-state index < -0.39 is 6.04 Å². The zero-order chi connectivity index (χ0) is 11.6. The monoisotopic (exact) mass is 212 g/mol. The highest BCUT2D eigenvalue weighted by atomic mass is 16.2. The Balaban J connectivity index is 2.63. The predicted molar refractivity (Wildman–Crippen MR) is 54.2 cm³/mol. The van der Waals surface area contributed by atoms with Crippen LogP contribution in [0.25, 0.3) is 0 Å². The Morgan fingerprint density at radius 3 is 2.47 bits per heavy atom. The second-order valence-electron chi connectivity index (χ2n) is 4.11. The van der Waals surface area contributed by atoms with Gasteiger partial charge in [0.15, 0.2) is 0 Å². The van der Waals surface area contributed by atoms with Gasteiger partial charge in [0, 0.05) is 13.0 Å². The molecule has 1 heterocycles. The SMILES string of the molecule is CC(=O)CCN1C(=O)NC(C(C)C)C1=O. The van der Waals surface area contributed by atoms with Gasteiger partial charge in [-0.3, -0.25) is 14.5 Å².